The van der Waals surface area contributed by atoms with E-state index < -0.39 is 0 Å². The van der Waals surface area contributed by atoms with E-state index in [1.165, 1.54) is 0 Å². The highest BCUT2D eigenvalue weighted by Gasteiger charge is 2.21. The number of fused-ring (bicyclic) bond motifs is 1. The summed E-state index contributed by atoms with van der Waals surface area (Å²) in [6.45, 7) is 7.45. The third-order valence-electron chi connectivity index (χ3n) is 5.25. The summed E-state index contributed by atoms with van der Waals surface area (Å²) >= 11 is 0. The Morgan fingerprint density at radius 1 is 1.00 bits per heavy atom. The number of hydrogen-bond acceptors (Lipinski definition) is 5. The van der Waals surface area contributed by atoms with Gasteiger partial charge in [0.1, 0.15) is 5.69 Å². The van der Waals surface area contributed by atoms with Crippen molar-refractivity contribution in [2.75, 3.05) is 0 Å². The Balaban J connectivity index is 1.70. The third-order valence-corrected chi connectivity index (χ3v) is 5.25. The number of rotatable bonds is 3. The van der Waals surface area contributed by atoms with E-state index in [4.69, 9.17) is 11.7 Å². The van der Waals surface area contributed by atoms with Gasteiger partial charge in [-0.15, -0.1) is 0 Å². The molecular weight excluding hydrogens is 376 g/mol. The molecule has 0 amide bonds. The molecule has 3 aromatic heterocycles. The van der Waals surface area contributed by atoms with Crippen molar-refractivity contribution in [1.82, 2.24) is 19.7 Å². The summed E-state index contributed by atoms with van der Waals surface area (Å²) < 4.78 is 1.66. The van der Waals surface area contributed by atoms with Crippen LogP contribution in [-0.2, 0) is 6.42 Å². The van der Waals surface area contributed by atoms with Crippen LogP contribution in [0.15, 0.2) is 72.4 Å². The lowest BCUT2D eigenvalue weighted by atomic mass is 9.98. The quantitative estimate of drug-likeness (QED) is 0.312. The topological polar surface area (TPSA) is 80.5 Å². The Morgan fingerprint density at radius 3 is 2.67 bits per heavy atom. The summed E-state index contributed by atoms with van der Waals surface area (Å²) in [6, 6.07) is 13.4. The average molecular weight is 392 g/mol. The highest BCUT2D eigenvalue weighted by Crippen LogP contribution is 2.35. The molecule has 30 heavy (non-hydrogen) atoms. The van der Waals surface area contributed by atoms with Crippen LogP contribution in [0.2, 0.25) is 0 Å². The lowest BCUT2D eigenvalue weighted by Crippen LogP contribution is -1.98. The van der Waals surface area contributed by atoms with E-state index in [1.807, 2.05) is 30.5 Å². The molecule has 1 N–H and O–H groups in total. The van der Waals surface area contributed by atoms with E-state index in [2.05, 4.69) is 26.0 Å². The largest absolute Gasteiger partial charge is 0.411 e. The summed E-state index contributed by atoms with van der Waals surface area (Å²) in [6.07, 6.45) is 8.59. The summed E-state index contributed by atoms with van der Waals surface area (Å²) in [5.74, 6) is 0.491. The van der Waals surface area contributed by atoms with E-state index in [0.717, 1.165) is 52.1 Å². The Hall–Kier alpha value is -4.31. The molecular formula is C23H16N6O. The summed E-state index contributed by atoms with van der Waals surface area (Å²) in [4.78, 5) is 12.1. The lowest BCUT2D eigenvalue weighted by Gasteiger charge is -2.05. The highest BCUT2D eigenvalue weighted by molar-refractivity contribution is 6.04. The van der Waals surface area contributed by atoms with Crippen LogP contribution < -0.4 is 0 Å². The molecule has 7 heteroatoms. The van der Waals surface area contributed by atoms with Crippen LogP contribution in [0.3, 0.4) is 0 Å². The highest BCUT2D eigenvalue weighted by atomic mass is 16.4. The van der Waals surface area contributed by atoms with Crippen LogP contribution >= 0.6 is 0 Å². The molecule has 3 heterocycles. The predicted octanol–water partition coefficient (Wildman–Crippen LogP) is 4.67. The summed E-state index contributed by atoms with van der Waals surface area (Å²) in [5.41, 5.74) is 6.94. The minimum absolute atomic E-state index is 0.436. The number of nitrogens with zero attached hydrogens (tertiary/aromatic N) is 6. The molecule has 4 aromatic rings. The number of aryl methyl sites for hydroxylation is 1. The van der Waals surface area contributed by atoms with Crippen molar-refractivity contribution in [3.05, 3.63) is 89.8 Å². The number of oxime groups is 1. The maximum absolute atomic E-state index is 9.21. The zero-order chi connectivity index (χ0) is 20.5. The molecule has 1 aliphatic carbocycles. The number of aromatic nitrogens is 4. The van der Waals surface area contributed by atoms with Crippen LogP contribution in [0.25, 0.3) is 33.0 Å². The Bertz CT molecular complexity index is 1320. The maximum Gasteiger partial charge on any atom is 0.230 e. The van der Waals surface area contributed by atoms with Crippen molar-refractivity contribution < 1.29 is 5.21 Å². The fourth-order valence-electron chi connectivity index (χ4n) is 3.81. The van der Waals surface area contributed by atoms with E-state index >= 15 is 0 Å². The van der Waals surface area contributed by atoms with Crippen molar-refractivity contribution in [2.24, 2.45) is 5.16 Å². The first-order valence-electron chi connectivity index (χ1n) is 9.46. The first kappa shape index (κ1) is 17.8. The van der Waals surface area contributed by atoms with Gasteiger partial charge in [0, 0.05) is 41.5 Å². The van der Waals surface area contributed by atoms with Crippen LogP contribution in [0.5, 0.6) is 0 Å². The molecule has 1 aromatic carbocycles. The van der Waals surface area contributed by atoms with E-state index in [0.29, 0.717) is 11.5 Å². The van der Waals surface area contributed by atoms with Crippen molar-refractivity contribution in [1.29, 1.82) is 0 Å². The van der Waals surface area contributed by atoms with Crippen molar-refractivity contribution >= 4 is 11.4 Å². The fraction of sp³-hybridized carbons (Fsp3) is 0.0870. The normalized spacial score (nSPS) is 13.9. The number of benzene rings is 1. The molecule has 0 fully saturated rings. The minimum Gasteiger partial charge on any atom is -0.411 e. The second kappa shape index (κ2) is 7.26. The van der Waals surface area contributed by atoms with Crippen LogP contribution in [0, 0.1) is 6.57 Å². The third kappa shape index (κ3) is 2.91. The van der Waals surface area contributed by atoms with Gasteiger partial charge in [0.15, 0.2) is 5.82 Å². The predicted molar refractivity (Wildman–Crippen MR) is 113 cm³/mol. The lowest BCUT2D eigenvalue weighted by molar-refractivity contribution is 0.318. The molecule has 0 radical (unpaired) electrons. The first-order valence-corrected chi connectivity index (χ1v) is 9.46. The monoisotopic (exact) mass is 392 g/mol. The zero-order valence-corrected chi connectivity index (χ0v) is 15.9. The van der Waals surface area contributed by atoms with Gasteiger partial charge >= 0.3 is 0 Å². The molecule has 0 spiro atoms. The van der Waals surface area contributed by atoms with Crippen molar-refractivity contribution in [3.8, 4) is 28.2 Å². The van der Waals surface area contributed by atoms with Crippen molar-refractivity contribution in [2.45, 2.75) is 12.8 Å². The number of pyridine rings is 2. The molecule has 0 atom stereocenters. The SMILES string of the molecule is [C-]#[N+]c1cccnc1-n1cc(-c2ccc3c(c2)CCC3=NO)c(-c2ccncc2)n1. The van der Waals surface area contributed by atoms with Crippen LogP contribution in [-0.4, -0.2) is 30.7 Å². The Morgan fingerprint density at radius 2 is 1.87 bits per heavy atom. The Labute approximate surface area is 172 Å². The first-order chi connectivity index (χ1) is 14.8. The molecule has 0 unspecified atom stereocenters. The van der Waals surface area contributed by atoms with Gasteiger partial charge in [0.05, 0.1) is 12.3 Å². The second-order valence-electron chi connectivity index (χ2n) is 6.95. The molecule has 0 aliphatic heterocycles. The van der Waals surface area contributed by atoms with Gasteiger partial charge in [0.2, 0.25) is 5.69 Å². The van der Waals surface area contributed by atoms with Gasteiger partial charge in [-0.1, -0.05) is 35.5 Å². The van der Waals surface area contributed by atoms with Gasteiger partial charge in [-0.2, -0.15) is 5.10 Å². The van der Waals surface area contributed by atoms with Gasteiger partial charge in [-0.25, -0.2) is 14.5 Å². The van der Waals surface area contributed by atoms with Gasteiger partial charge < -0.3 is 5.21 Å². The smallest absolute Gasteiger partial charge is 0.230 e. The van der Waals surface area contributed by atoms with Gasteiger partial charge in [0.25, 0.3) is 0 Å². The van der Waals surface area contributed by atoms with Gasteiger partial charge in [-0.05, 0) is 36.1 Å². The zero-order valence-electron chi connectivity index (χ0n) is 15.9. The summed E-state index contributed by atoms with van der Waals surface area (Å²) in [5, 5.41) is 17.4. The molecule has 0 saturated carbocycles. The summed E-state index contributed by atoms with van der Waals surface area (Å²) in [7, 11) is 0. The van der Waals surface area contributed by atoms with Crippen molar-refractivity contribution in [3.63, 3.8) is 0 Å². The molecule has 5 rings (SSSR count). The second-order valence-corrected chi connectivity index (χ2v) is 6.95. The van der Waals surface area contributed by atoms with Crippen LogP contribution in [0.4, 0.5) is 5.69 Å². The molecule has 0 bridgehead atoms. The molecule has 7 nitrogen and oxygen atoms in total. The van der Waals surface area contributed by atoms with E-state index in [1.54, 1.807) is 35.4 Å². The minimum atomic E-state index is 0.436. The molecule has 1 aliphatic rings. The van der Waals surface area contributed by atoms with E-state index in [-0.39, 0.29) is 0 Å². The molecule has 144 valence electrons. The molecule has 0 saturated heterocycles. The standard InChI is InChI=1S/C23H16N6O/c1-24-21-3-2-10-26-23(21)29-14-19(22(27-29)15-8-11-25-12-9-15)17-4-6-18-16(13-17)5-7-20(18)28-30/h2-4,6,8-14,30H,5,7H2. The average Bonchev–Trinajstić information content (AvgIpc) is 3.43. The fourth-order valence-corrected chi connectivity index (χ4v) is 3.81. The van der Waals surface area contributed by atoms with E-state index in [9.17, 15) is 5.21 Å². The van der Waals surface area contributed by atoms with Crippen LogP contribution in [0.1, 0.15) is 17.5 Å². The number of hydrogen-bond donors (Lipinski definition) is 1. The maximum atomic E-state index is 9.21. The van der Waals surface area contributed by atoms with Gasteiger partial charge in [-0.3, -0.25) is 4.98 Å². The Kier molecular flexibility index (Phi) is 4.30.